The molecule has 2 amide bonds. The van der Waals surface area contributed by atoms with Gasteiger partial charge in [0.2, 0.25) is 0 Å². The number of hydrogen-bond acceptors (Lipinski definition) is 5. The van der Waals surface area contributed by atoms with E-state index in [1.165, 1.54) is 4.90 Å². The summed E-state index contributed by atoms with van der Waals surface area (Å²) in [5.74, 6) is 1.83. The second-order valence-corrected chi connectivity index (χ2v) is 7.17. The van der Waals surface area contributed by atoms with Crippen LogP contribution in [0.1, 0.15) is 20.7 Å². The van der Waals surface area contributed by atoms with Crippen LogP contribution in [-0.2, 0) is 4.74 Å². The van der Waals surface area contributed by atoms with Crippen LogP contribution >= 0.6 is 0 Å². The number of piperazine rings is 1. The predicted molar refractivity (Wildman–Crippen MR) is 109 cm³/mol. The minimum atomic E-state index is -0.275. The van der Waals surface area contributed by atoms with E-state index in [-0.39, 0.29) is 31.6 Å². The number of hydrogen-bond donors (Lipinski definition) is 0. The van der Waals surface area contributed by atoms with E-state index in [0.717, 1.165) is 42.6 Å². The van der Waals surface area contributed by atoms with E-state index >= 15 is 0 Å². The summed E-state index contributed by atoms with van der Waals surface area (Å²) in [6.07, 6.45) is 5.17. The quantitative estimate of drug-likeness (QED) is 0.452. The molecule has 0 atom stereocenters. The normalized spacial score (nSPS) is 17.3. The number of anilines is 1. The lowest BCUT2D eigenvalue weighted by molar-refractivity contribution is 0.0545. The Morgan fingerprint density at radius 1 is 1.04 bits per heavy atom. The van der Waals surface area contributed by atoms with Gasteiger partial charge in [0.05, 0.1) is 13.2 Å². The SMILES string of the molecule is C#CCOCCN1C(=O)c2cccc3c(N4CCN(C)CC4)ccc(c23)C1=O. The van der Waals surface area contributed by atoms with Crippen LogP contribution in [0.2, 0.25) is 0 Å². The third kappa shape index (κ3) is 3.13. The molecule has 6 heteroatoms. The number of nitrogens with zero attached hydrogens (tertiary/aromatic N) is 3. The average molecular weight is 377 g/mol. The molecule has 28 heavy (non-hydrogen) atoms. The van der Waals surface area contributed by atoms with E-state index in [1.807, 2.05) is 24.3 Å². The first-order valence-corrected chi connectivity index (χ1v) is 9.48. The highest BCUT2D eigenvalue weighted by Gasteiger charge is 2.33. The first kappa shape index (κ1) is 18.5. The van der Waals surface area contributed by atoms with Crippen LogP contribution in [0.4, 0.5) is 5.69 Å². The van der Waals surface area contributed by atoms with Crippen LogP contribution in [0.15, 0.2) is 30.3 Å². The van der Waals surface area contributed by atoms with E-state index in [4.69, 9.17) is 11.2 Å². The van der Waals surface area contributed by atoms with Crippen molar-refractivity contribution in [3.63, 3.8) is 0 Å². The van der Waals surface area contributed by atoms with Crippen molar-refractivity contribution in [3.05, 3.63) is 41.5 Å². The second-order valence-electron chi connectivity index (χ2n) is 7.17. The Labute approximate surface area is 164 Å². The number of amides is 2. The third-order valence-electron chi connectivity index (χ3n) is 5.46. The summed E-state index contributed by atoms with van der Waals surface area (Å²) in [5.41, 5.74) is 2.22. The lowest BCUT2D eigenvalue weighted by Gasteiger charge is -2.35. The molecule has 2 aromatic rings. The lowest BCUT2D eigenvalue weighted by Crippen LogP contribution is -2.45. The molecular formula is C22H23N3O3. The summed E-state index contributed by atoms with van der Waals surface area (Å²) < 4.78 is 5.26. The second kappa shape index (κ2) is 7.63. The minimum absolute atomic E-state index is 0.163. The molecule has 0 radical (unpaired) electrons. The number of benzene rings is 2. The van der Waals surface area contributed by atoms with Crippen molar-refractivity contribution in [1.82, 2.24) is 9.80 Å². The Morgan fingerprint density at radius 2 is 1.75 bits per heavy atom. The molecule has 0 saturated carbocycles. The summed E-state index contributed by atoms with van der Waals surface area (Å²) in [5, 5.41) is 1.72. The molecule has 2 heterocycles. The van der Waals surface area contributed by atoms with Crippen LogP contribution in [0.25, 0.3) is 10.8 Å². The van der Waals surface area contributed by atoms with Gasteiger partial charge in [0.15, 0.2) is 0 Å². The van der Waals surface area contributed by atoms with Crippen molar-refractivity contribution in [1.29, 1.82) is 0 Å². The maximum atomic E-state index is 13.0. The van der Waals surface area contributed by atoms with Crippen LogP contribution < -0.4 is 4.90 Å². The largest absolute Gasteiger partial charge is 0.368 e. The standard InChI is InChI=1S/C22H23N3O3/c1-3-14-28-15-13-25-21(26)17-6-4-5-16-19(24-11-9-23(2)10-12-24)8-7-18(20(16)17)22(25)27/h1,4-8H,9-15H2,2H3. The van der Waals surface area contributed by atoms with Crippen molar-refractivity contribution in [2.75, 3.05) is 57.9 Å². The van der Waals surface area contributed by atoms with Crippen molar-refractivity contribution in [3.8, 4) is 12.3 Å². The molecule has 1 saturated heterocycles. The van der Waals surface area contributed by atoms with Crippen molar-refractivity contribution >= 4 is 28.3 Å². The Kier molecular flexibility index (Phi) is 5.03. The zero-order chi connectivity index (χ0) is 19.7. The molecule has 1 fully saturated rings. The van der Waals surface area contributed by atoms with E-state index in [0.29, 0.717) is 11.1 Å². The molecule has 0 unspecified atom stereocenters. The lowest BCUT2D eigenvalue weighted by atomic mass is 9.92. The van der Waals surface area contributed by atoms with Gasteiger partial charge in [-0.05, 0) is 25.2 Å². The minimum Gasteiger partial charge on any atom is -0.368 e. The summed E-state index contributed by atoms with van der Waals surface area (Å²) in [7, 11) is 2.12. The molecule has 4 rings (SSSR count). The average Bonchev–Trinajstić information content (AvgIpc) is 2.72. The van der Waals surface area contributed by atoms with Gasteiger partial charge >= 0.3 is 0 Å². The van der Waals surface area contributed by atoms with E-state index in [9.17, 15) is 9.59 Å². The Hall–Kier alpha value is -2.88. The maximum absolute atomic E-state index is 13.0. The van der Waals surface area contributed by atoms with Crippen molar-refractivity contribution < 1.29 is 14.3 Å². The van der Waals surface area contributed by atoms with E-state index < -0.39 is 0 Å². The molecule has 2 aliphatic heterocycles. The molecule has 2 aromatic carbocycles. The van der Waals surface area contributed by atoms with Gasteiger partial charge in [-0.25, -0.2) is 0 Å². The smallest absolute Gasteiger partial charge is 0.261 e. The number of ether oxygens (including phenoxy) is 1. The number of carbonyl (C=O) groups is 2. The monoisotopic (exact) mass is 377 g/mol. The van der Waals surface area contributed by atoms with Crippen LogP contribution in [0.5, 0.6) is 0 Å². The molecular weight excluding hydrogens is 354 g/mol. The first-order valence-electron chi connectivity index (χ1n) is 9.48. The van der Waals surface area contributed by atoms with Gasteiger partial charge < -0.3 is 14.5 Å². The summed E-state index contributed by atoms with van der Waals surface area (Å²) in [6.45, 7) is 4.42. The van der Waals surface area contributed by atoms with Gasteiger partial charge in [-0.1, -0.05) is 18.1 Å². The van der Waals surface area contributed by atoms with Gasteiger partial charge in [0.1, 0.15) is 6.61 Å². The van der Waals surface area contributed by atoms with Crippen molar-refractivity contribution in [2.45, 2.75) is 0 Å². The van der Waals surface area contributed by atoms with Gasteiger partial charge in [-0.2, -0.15) is 0 Å². The highest BCUT2D eigenvalue weighted by molar-refractivity contribution is 6.26. The van der Waals surface area contributed by atoms with Crippen LogP contribution in [-0.4, -0.2) is 74.6 Å². The molecule has 0 spiro atoms. The molecule has 0 bridgehead atoms. The Balaban J connectivity index is 1.70. The van der Waals surface area contributed by atoms with Crippen LogP contribution in [0.3, 0.4) is 0 Å². The summed E-state index contributed by atoms with van der Waals surface area (Å²) in [6, 6.07) is 9.55. The van der Waals surface area contributed by atoms with Gasteiger partial charge in [0, 0.05) is 53.8 Å². The molecule has 0 aliphatic carbocycles. The Morgan fingerprint density at radius 3 is 2.46 bits per heavy atom. The summed E-state index contributed by atoms with van der Waals surface area (Å²) >= 11 is 0. The maximum Gasteiger partial charge on any atom is 0.261 e. The molecule has 6 nitrogen and oxygen atoms in total. The summed E-state index contributed by atoms with van der Waals surface area (Å²) in [4.78, 5) is 31.9. The highest BCUT2D eigenvalue weighted by atomic mass is 16.5. The predicted octanol–water partition coefficient (Wildman–Crippen LogP) is 1.84. The fourth-order valence-electron chi connectivity index (χ4n) is 3.94. The molecule has 0 aromatic heterocycles. The number of imide groups is 1. The zero-order valence-corrected chi connectivity index (χ0v) is 16.0. The fourth-order valence-corrected chi connectivity index (χ4v) is 3.94. The topological polar surface area (TPSA) is 53.1 Å². The zero-order valence-electron chi connectivity index (χ0n) is 16.0. The third-order valence-corrected chi connectivity index (χ3v) is 5.46. The molecule has 144 valence electrons. The molecule has 0 N–H and O–H groups in total. The van der Waals surface area contributed by atoms with Crippen LogP contribution in [0, 0.1) is 12.3 Å². The van der Waals surface area contributed by atoms with E-state index in [1.54, 1.807) is 6.07 Å². The van der Waals surface area contributed by atoms with Gasteiger partial charge in [-0.15, -0.1) is 6.42 Å². The number of carbonyl (C=O) groups excluding carboxylic acids is 2. The number of terminal acetylenes is 1. The number of likely N-dealkylation sites (N-methyl/N-ethyl adjacent to an activating group) is 1. The Bertz CT molecular complexity index is 949. The van der Waals surface area contributed by atoms with Crippen molar-refractivity contribution in [2.24, 2.45) is 0 Å². The van der Waals surface area contributed by atoms with Gasteiger partial charge in [-0.3, -0.25) is 14.5 Å². The highest BCUT2D eigenvalue weighted by Crippen LogP contribution is 2.36. The first-order chi connectivity index (χ1) is 13.6. The van der Waals surface area contributed by atoms with Gasteiger partial charge in [0.25, 0.3) is 11.8 Å². The number of rotatable bonds is 5. The van der Waals surface area contributed by atoms with E-state index in [2.05, 4.69) is 22.8 Å². The fraction of sp³-hybridized carbons (Fsp3) is 0.364. The molecule has 2 aliphatic rings.